The lowest BCUT2D eigenvalue weighted by Crippen LogP contribution is -2.44. The van der Waals surface area contributed by atoms with Crippen molar-refractivity contribution in [3.8, 4) is 23.0 Å². The van der Waals surface area contributed by atoms with Gasteiger partial charge in [0.05, 0.1) is 12.1 Å². The summed E-state index contributed by atoms with van der Waals surface area (Å²) in [4.78, 5) is 21.4. The van der Waals surface area contributed by atoms with Gasteiger partial charge >= 0.3 is 0 Å². The second kappa shape index (κ2) is 6.91. The third-order valence-corrected chi connectivity index (χ3v) is 6.03. The number of para-hydroxylation sites is 1. The molecule has 32 heavy (non-hydrogen) atoms. The highest BCUT2D eigenvalue weighted by atomic mass is 16.5. The second-order valence-electron chi connectivity index (χ2n) is 7.97. The third-order valence-electron chi connectivity index (χ3n) is 6.03. The lowest BCUT2D eigenvalue weighted by Gasteiger charge is -2.36. The van der Waals surface area contributed by atoms with Gasteiger partial charge in [0, 0.05) is 41.7 Å². The first-order valence-electron chi connectivity index (χ1n) is 10.3. The van der Waals surface area contributed by atoms with Crippen LogP contribution in [0.15, 0.2) is 75.8 Å². The standard InChI is InChI=1S/C24H19N5O3/c1-14-13-18(26-31-14)24-25-23(27-32-24)15-7-9-16(10-8-15)29-21(30)12-11-20-22(29)17-5-3-4-6-19(17)28(20)2/h3-13,20,22H,1-2H3. The number of aromatic nitrogens is 3. The Labute approximate surface area is 183 Å². The maximum atomic E-state index is 12.9. The fourth-order valence-electron chi connectivity index (χ4n) is 4.51. The van der Waals surface area contributed by atoms with E-state index in [9.17, 15) is 4.79 Å². The van der Waals surface area contributed by atoms with Gasteiger partial charge in [0.2, 0.25) is 5.82 Å². The highest BCUT2D eigenvalue weighted by Gasteiger charge is 2.43. The van der Waals surface area contributed by atoms with Crippen molar-refractivity contribution in [2.45, 2.75) is 19.0 Å². The molecule has 2 aliphatic rings. The van der Waals surface area contributed by atoms with Crippen LogP contribution in [-0.4, -0.2) is 34.3 Å². The molecule has 8 heteroatoms. The van der Waals surface area contributed by atoms with E-state index in [1.165, 1.54) is 0 Å². The minimum atomic E-state index is -0.0771. The first kappa shape index (κ1) is 18.6. The van der Waals surface area contributed by atoms with E-state index >= 15 is 0 Å². The number of carbonyl (C=O) groups is 1. The van der Waals surface area contributed by atoms with Crippen LogP contribution >= 0.6 is 0 Å². The maximum absolute atomic E-state index is 12.9. The number of hydrogen-bond donors (Lipinski definition) is 0. The van der Waals surface area contributed by atoms with Crippen molar-refractivity contribution < 1.29 is 13.8 Å². The van der Waals surface area contributed by atoms with Gasteiger partial charge in [-0.3, -0.25) is 9.69 Å². The van der Waals surface area contributed by atoms with Gasteiger partial charge in [0.1, 0.15) is 5.76 Å². The zero-order valence-electron chi connectivity index (χ0n) is 17.5. The molecule has 2 aromatic carbocycles. The summed E-state index contributed by atoms with van der Waals surface area (Å²) in [6.07, 6.45) is 3.65. The van der Waals surface area contributed by atoms with Gasteiger partial charge in [-0.2, -0.15) is 4.98 Å². The summed E-state index contributed by atoms with van der Waals surface area (Å²) in [6.45, 7) is 1.80. The van der Waals surface area contributed by atoms with Crippen LogP contribution in [0.4, 0.5) is 11.4 Å². The van der Waals surface area contributed by atoms with Crippen LogP contribution < -0.4 is 9.80 Å². The quantitative estimate of drug-likeness (QED) is 0.487. The summed E-state index contributed by atoms with van der Waals surface area (Å²) in [6, 6.07) is 17.6. The SMILES string of the molecule is Cc1cc(-c2nc(-c3ccc(N4C(=O)C=CC5C4c4ccccc4N5C)cc3)no2)no1. The molecule has 0 radical (unpaired) electrons. The summed E-state index contributed by atoms with van der Waals surface area (Å²) in [5.74, 6) is 1.38. The normalized spacial score (nSPS) is 19.4. The van der Waals surface area contributed by atoms with E-state index in [1.54, 1.807) is 19.1 Å². The van der Waals surface area contributed by atoms with Crippen LogP contribution in [0.25, 0.3) is 23.0 Å². The molecule has 8 nitrogen and oxygen atoms in total. The van der Waals surface area contributed by atoms with Gasteiger partial charge in [-0.25, -0.2) is 0 Å². The molecule has 2 aromatic heterocycles. The molecular weight excluding hydrogens is 406 g/mol. The van der Waals surface area contributed by atoms with Crippen LogP contribution in [0.3, 0.4) is 0 Å². The number of carbonyl (C=O) groups excluding carboxylic acids is 1. The van der Waals surface area contributed by atoms with Crippen molar-refractivity contribution in [1.29, 1.82) is 0 Å². The topological polar surface area (TPSA) is 88.5 Å². The van der Waals surface area contributed by atoms with E-state index in [0.717, 1.165) is 22.5 Å². The molecule has 0 saturated carbocycles. The lowest BCUT2D eigenvalue weighted by atomic mass is 9.97. The van der Waals surface area contributed by atoms with Crippen molar-refractivity contribution >= 4 is 17.3 Å². The van der Waals surface area contributed by atoms with Gasteiger partial charge in [0.15, 0.2) is 5.69 Å². The zero-order valence-corrected chi connectivity index (χ0v) is 17.5. The Morgan fingerprint density at radius 2 is 1.81 bits per heavy atom. The number of aryl methyl sites for hydroxylation is 1. The monoisotopic (exact) mass is 425 g/mol. The van der Waals surface area contributed by atoms with Gasteiger partial charge in [-0.05, 0) is 37.3 Å². The van der Waals surface area contributed by atoms with Crippen molar-refractivity contribution in [3.63, 3.8) is 0 Å². The molecule has 4 aromatic rings. The fraction of sp³-hybridized carbons (Fsp3) is 0.167. The van der Waals surface area contributed by atoms with E-state index in [1.807, 2.05) is 47.4 Å². The molecule has 1 amide bonds. The molecule has 0 saturated heterocycles. The van der Waals surface area contributed by atoms with E-state index < -0.39 is 0 Å². The smallest absolute Gasteiger partial charge is 0.280 e. The van der Waals surface area contributed by atoms with Crippen LogP contribution in [0.2, 0.25) is 0 Å². The zero-order chi connectivity index (χ0) is 21.8. The molecule has 158 valence electrons. The molecule has 0 N–H and O–H groups in total. The lowest BCUT2D eigenvalue weighted by molar-refractivity contribution is -0.115. The van der Waals surface area contributed by atoms with Crippen LogP contribution in [-0.2, 0) is 4.79 Å². The van der Waals surface area contributed by atoms with E-state index in [0.29, 0.717) is 23.2 Å². The average molecular weight is 425 g/mol. The molecule has 0 spiro atoms. The highest BCUT2D eigenvalue weighted by molar-refractivity contribution is 6.04. The minimum absolute atomic E-state index is 0.0349. The Balaban J connectivity index is 1.33. The number of benzene rings is 2. The number of nitrogens with zero attached hydrogens (tertiary/aromatic N) is 5. The fourth-order valence-corrected chi connectivity index (χ4v) is 4.51. The second-order valence-corrected chi connectivity index (χ2v) is 7.97. The molecule has 0 aliphatic carbocycles. The molecular formula is C24H19N5O3. The average Bonchev–Trinajstić information content (AvgIpc) is 3.53. The Morgan fingerprint density at radius 1 is 1.00 bits per heavy atom. The molecule has 4 heterocycles. The number of rotatable bonds is 3. The van der Waals surface area contributed by atoms with E-state index in [-0.39, 0.29) is 18.0 Å². The van der Waals surface area contributed by atoms with Crippen molar-refractivity contribution in [1.82, 2.24) is 15.3 Å². The summed E-state index contributed by atoms with van der Waals surface area (Å²) in [7, 11) is 2.06. The molecule has 6 rings (SSSR count). The van der Waals surface area contributed by atoms with Gasteiger partial charge in [-0.15, -0.1) is 0 Å². The van der Waals surface area contributed by atoms with Gasteiger partial charge in [0.25, 0.3) is 11.8 Å². The summed E-state index contributed by atoms with van der Waals surface area (Å²) in [5, 5.41) is 7.96. The predicted octanol–water partition coefficient (Wildman–Crippen LogP) is 4.16. The third kappa shape index (κ3) is 2.76. The number of hydrogen-bond acceptors (Lipinski definition) is 7. The summed E-state index contributed by atoms with van der Waals surface area (Å²) in [5.41, 5.74) is 4.39. The van der Waals surface area contributed by atoms with Gasteiger partial charge in [-0.1, -0.05) is 34.6 Å². The van der Waals surface area contributed by atoms with Crippen molar-refractivity contribution in [2.75, 3.05) is 16.8 Å². The minimum Gasteiger partial charge on any atom is -0.365 e. The number of amides is 1. The molecule has 0 fully saturated rings. The largest absolute Gasteiger partial charge is 0.365 e. The Morgan fingerprint density at radius 3 is 2.59 bits per heavy atom. The summed E-state index contributed by atoms with van der Waals surface area (Å²) >= 11 is 0. The molecule has 2 aliphatic heterocycles. The highest BCUT2D eigenvalue weighted by Crippen LogP contribution is 2.45. The van der Waals surface area contributed by atoms with Crippen LogP contribution in [0, 0.1) is 6.92 Å². The van der Waals surface area contributed by atoms with Crippen LogP contribution in [0.1, 0.15) is 17.4 Å². The molecule has 2 atom stereocenters. The van der Waals surface area contributed by atoms with Crippen molar-refractivity contribution in [3.05, 3.63) is 78.1 Å². The van der Waals surface area contributed by atoms with Crippen molar-refractivity contribution in [2.24, 2.45) is 0 Å². The molecule has 0 bridgehead atoms. The summed E-state index contributed by atoms with van der Waals surface area (Å²) < 4.78 is 10.4. The Hall–Kier alpha value is -4.20. The first-order valence-corrected chi connectivity index (χ1v) is 10.3. The first-order chi connectivity index (χ1) is 15.6. The predicted molar refractivity (Wildman–Crippen MR) is 118 cm³/mol. The number of likely N-dealkylation sites (N-methyl/N-ethyl adjacent to an activating group) is 1. The van der Waals surface area contributed by atoms with E-state index in [2.05, 4.69) is 39.4 Å². The Bertz CT molecular complexity index is 1350. The van der Waals surface area contributed by atoms with E-state index in [4.69, 9.17) is 9.05 Å². The van der Waals surface area contributed by atoms with Crippen LogP contribution in [0.5, 0.6) is 0 Å². The number of fused-ring (bicyclic) bond motifs is 3. The van der Waals surface area contributed by atoms with Gasteiger partial charge < -0.3 is 13.9 Å². The maximum Gasteiger partial charge on any atom is 0.280 e. The Kier molecular flexibility index (Phi) is 4.01. The molecule has 2 unspecified atom stereocenters. The number of anilines is 2.